The van der Waals surface area contributed by atoms with E-state index in [1.165, 1.54) is 35.1 Å². The Bertz CT molecular complexity index is 1040. The molecule has 3 rings (SSSR count). The van der Waals surface area contributed by atoms with Crippen LogP contribution in [0, 0.1) is 12.7 Å². The number of rotatable bonds is 7. The third-order valence-corrected chi connectivity index (χ3v) is 5.38. The second-order valence-electron chi connectivity index (χ2n) is 7.04. The molecule has 0 fully saturated rings. The average molecular weight is 427 g/mol. The van der Waals surface area contributed by atoms with E-state index < -0.39 is 11.9 Å². The number of amides is 2. The molecule has 1 unspecified atom stereocenters. The zero-order valence-corrected chi connectivity index (χ0v) is 17.8. The molecule has 2 N–H and O–H groups in total. The van der Waals surface area contributed by atoms with Gasteiger partial charge in [0.25, 0.3) is 0 Å². The molecule has 30 heavy (non-hydrogen) atoms. The smallest absolute Gasteiger partial charge is 0.243 e. The molecular weight excluding hydrogens is 403 g/mol. The Morgan fingerprint density at radius 1 is 1.17 bits per heavy atom. The lowest BCUT2D eigenvalue weighted by Crippen LogP contribution is -2.43. The van der Waals surface area contributed by atoms with Crippen LogP contribution < -0.4 is 10.6 Å². The summed E-state index contributed by atoms with van der Waals surface area (Å²) in [6, 6.07) is 13.1. The van der Waals surface area contributed by atoms with Gasteiger partial charge in [0, 0.05) is 16.6 Å². The lowest BCUT2D eigenvalue weighted by molar-refractivity contribution is -0.122. The molecule has 0 saturated carbocycles. The average Bonchev–Trinajstić information content (AvgIpc) is 3.16. The van der Waals surface area contributed by atoms with Crippen molar-refractivity contribution < 1.29 is 14.0 Å². The highest BCUT2D eigenvalue weighted by Crippen LogP contribution is 2.25. The zero-order chi connectivity index (χ0) is 21.7. The number of hydrogen-bond donors (Lipinski definition) is 2. The number of thiazole rings is 1. The first-order valence-electron chi connectivity index (χ1n) is 9.41. The van der Waals surface area contributed by atoms with Crippen molar-refractivity contribution in [3.8, 4) is 11.3 Å². The molecule has 6 nitrogen and oxygen atoms in total. The lowest BCUT2D eigenvalue weighted by Gasteiger charge is -2.22. The normalized spacial score (nSPS) is 11.9. The number of anilines is 2. The van der Waals surface area contributed by atoms with Gasteiger partial charge in [-0.3, -0.25) is 14.5 Å². The number of hydrogen-bond acceptors (Lipinski definition) is 5. The van der Waals surface area contributed by atoms with Crippen LogP contribution in [0.3, 0.4) is 0 Å². The molecule has 0 radical (unpaired) electrons. The van der Waals surface area contributed by atoms with Crippen molar-refractivity contribution in [1.82, 2.24) is 9.88 Å². The highest BCUT2D eigenvalue weighted by atomic mass is 32.1. The number of carbonyl (C=O) groups excluding carboxylic acids is 2. The fourth-order valence-electron chi connectivity index (χ4n) is 2.73. The SMILES string of the molecule is Cc1ccc(-c2csc(NC(=O)C(C)N(C)CC(=O)Nc3cccc(F)c3)n2)cc1. The van der Waals surface area contributed by atoms with Crippen LogP contribution in [0.25, 0.3) is 11.3 Å². The minimum Gasteiger partial charge on any atom is -0.325 e. The Balaban J connectivity index is 1.54. The maximum absolute atomic E-state index is 13.2. The van der Waals surface area contributed by atoms with Gasteiger partial charge in [-0.05, 0) is 39.1 Å². The maximum Gasteiger partial charge on any atom is 0.243 e. The number of likely N-dealkylation sites (N-methyl/N-ethyl adjacent to an activating group) is 1. The summed E-state index contributed by atoms with van der Waals surface area (Å²) < 4.78 is 13.2. The van der Waals surface area contributed by atoms with Crippen molar-refractivity contribution in [3.05, 3.63) is 65.3 Å². The Labute approximate surface area is 178 Å². The number of aryl methyl sites for hydroxylation is 1. The van der Waals surface area contributed by atoms with Crippen molar-refractivity contribution in [1.29, 1.82) is 0 Å². The van der Waals surface area contributed by atoms with Gasteiger partial charge < -0.3 is 10.6 Å². The molecule has 0 spiro atoms. The van der Waals surface area contributed by atoms with Crippen LogP contribution >= 0.6 is 11.3 Å². The summed E-state index contributed by atoms with van der Waals surface area (Å²) in [6.45, 7) is 3.71. The monoisotopic (exact) mass is 426 g/mol. The van der Waals surface area contributed by atoms with E-state index >= 15 is 0 Å². The van der Waals surface area contributed by atoms with Crippen molar-refractivity contribution in [2.75, 3.05) is 24.2 Å². The van der Waals surface area contributed by atoms with Crippen LogP contribution in [0.1, 0.15) is 12.5 Å². The van der Waals surface area contributed by atoms with Crippen LogP contribution in [-0.2, 0) is 9.59 Å². The number of halogens is 1. The molecule has 3 aromatic rings. The van der Waals surface area contributed by atoms with Crippen molar-refractivity contribution >= 4 is 34.0 Å². The predicted octanol–water partition coefficient (Wildman–Crippen LogP) is 4.16. The molecule has 156 valence electrons. The summed E-state index contributed by atoms with van der Waals surface area (Å²) in [7, 11) is 1.68. The third-order valence-electron chi connectivity index (χ3n) is 4.62. The molecule has 0 saturated heterocycles. The van der Waals surface area contributed by atoms with Gasteiger partial charge in [-0.25, -0.2) is 9.37 Å². The van der Waals surface area contributed by atoms with Crippen molar-refractivity contribution in [3.63, 3.8) is 0 Å². The van der Waals surface area contributed by atoms with Crippen LogP contribution in [-0.4, -0.2) is 41.3 Å². The minimum absolute atomic E-state index is 0.0163. The molecule has 1 aromatic heterocycles. The largest absolute Gasteiger partial charge is 0.325 e. The predicted molar refractivity (Wildman–Crippen MR) is 118 cm³/mol. The molecule has 1 heterocycles. The van der Waals surface area contributed by atoms with Crippen molar-refractivity contribution in [2.45, 2.75) is 19.9 Å². The summed E-state index contributed by atoms with van der Waals surface area (Å²) in [4.78, 5) is 30.8. The third kappa shape index (κ3) is 5.71. The first-order valence-corrected chi connectivity index (χ1v) is 10.3. The van der Waals surface area contributed by atoms with E-state index in [-0.39, 0.29) is 18.4 Å². The van der Waals surface area contributed by atoms with E-state index in [0.717, 1.165) is 11.3 Å². The van der Waals surface area contributed by atoms with E-state index in [1.54, 1.807) is 24.9 Å². The van der Waals surface area contributed by atoms with Gasteiger partial charge in [-0.2, -0.15) is 0 Å². The lowest BCUT2D eigenvalue weighted by atomic mass is 10.1. The molecule has 0 aliphatic carbocycles. The van der Waals surface area contributed by atoms with Gasteiger partial charge in [-0.15, -0.1) is 11.3 Å². The van der Waals surface area contributed by atoms with Gasteiger partial charge in [0.1, 0.15) is 5.82 Å². The molecule has 0 bridgehead atoms. The van der Waals surface area contributed by atoms with Crippen LogP contribution in [0.4, 0.5) is 15.2 Å². The molecule has 2 aromatic carbocycles. The second-order valence-corrected chi connectivity index (χ2v) is 7.90. The minimum atomic E-state index is -0.560. The standard InChI is InChI=1S/C22H23FN4O2S/c1-14-7-9-16(10-8-14)19-13-30-22(25-19)26-21(29)15(2)27(3)12-20(28)24-18-6-4-5-17(23)11-18/h4-11,13,15H,12H2,1-3H3,(H,24,28)(H,25,26,29). The van der Waals surface area contributed by atoms with Crippen molar-refractivity contribution in [2.24, 2.45) is 0 Å². The Morgan fingerprint density at radius 3 is 2.60 bits per heavy atom. The number of carbonyl (C=O) groups is 2. The van der Waals surface area contributed by atoms with E-state index in [4.69, 9.17) is 0 Å². The first-order chi connectivity index (χ1) is 14.3. The Hall–Kier alpha value is -3.10. The summed E-state index contributed by atoms with van der Waals surface area (Å²) >= 11 is 1.35. The maximum atomic E-state index is 13.2. The quantitative estimate of drug-likeness (QED) is 0.595. The van der Waals surface area contributed by atoms with Crippen LogP contribution in [0.15, 0.2) is 53.9 Å². The van der Waals surface area contributed by atoms with Gasteiger partial charge in [0.15, 0.2) is 5.13 Å². The highest BCUT2D eigenvalue weighted by molar-refractivity contribution is 7.14. The number of aromatic nitrogens is 1. The fraction of sp³-hybridized carbons (Fsp3) is 0.227. The van der Waals surface area contributed by atoms with E-state index in [1.807, 2.05) is 36.6 Å². The zero-order valence-electron chi connectivity index (χ0n) is 17.0. The summed E-state index contributed by atoms with van der Waals surface area (Å²) in [6.07, 6.45) is 0. The topological polar surface area (TPSA) is 74.3 Å². The Morgan fingerprint density at radius 2 is 1.90 bits per heavy atom. The number of nitrogens with one attached hydrogen (secondary N) is 2. The molecule has 8 heteroatoms. The van der Waals surface area contributed by atoms with Crippen LogP contribution in [0.2, 0.25) is 0 Å². The van der Waals surface area contributed by atoms with Gasteiger partial charge in [0.05, 0.1) is 18.3 Å². The molecule has 0 aliphatic rings. The van der Waals surface area contributed by atoms with Crippen LogP contribution in [0.5, 0.6) is 0 Å². The van der Waals surface area contributed by atoms with E-state index in [0.29, 0.717) is 10.8 Å². The van der Waals surface area contributed by atoms with E-state index in [9.17, 15) is 14.0 Å². The fourth-order valence-corrected chi connectivity index (χ4v) is 3.45. The second kappa shape index (κ2) is 9.60. The van der Waals surface area contributed by atoms with E-state index in [2.05, 4.69) is 15.6 Å². The molecular formula is C22H23FN4O2S. The van der Waals surface area contributed by atoms with Gasteiger partial charge >= 0.3 is 0 Å². The molecule has 2 amide bonds. The summed E-state index contributed by atoms with van der Waals surface area (Å²) in [5, 5.41) is 7.81. The summed E-state index contributed by atoms with van der Waals surface area (Å²) in [5.41, 5.74) is 3.32. The highest BCUT2D eigenvalue weighted by Gasteiger charge is 2.21. The number of benzene rings is 2. The molecule has 0 aliphatic heterocycles. The number of nitrogens with zero attached hydrogens (tertiary/aromatic N) is 2. The Kier molecular flexibility index (Phi) is 6.91. The van der Waals surface area contributed by atoms with Gasteiger partial charge in [0.2, 0.25) is 11.8 Å². The molecule has 1 atom stereocenters. The summed E-state index contributed by atoms with van der Waals surface area (Å²) in [5.74, 6) is -1.03. The van der Waals surface area contributed by atoms with Gasteiger partial charge in [-0.1, -0.05) is 35.9 Å². The first kappa shape index (κ1) is 21.6.